The van der Waals surface area contributed by atoms with Gasteiger partial charge in [0.15, 0.2) is 5.96 Å². The minimum Gasteiger partial charge on any atom is -0.492 e. The van der Waals surface area contributed by atoms with Crippen LogP contribution in [0.25, 0.3) is 0 Å². The first-order valence-corrected chi connectivity index (χ1v) is 8.57. The molecule has 0 spiro atoms. The molecular formula is C18H30N4O. The van der Waals surface area contributed by atoms with E-state index in [-0.39, 0.29) is 0 Å². The number of likely N-dealkylation sites (tertiary alicyclic amines) is 1. The Balaban J connectivity index is 1.60. The second kappa shape index (κ2) is 9.40. The summed E-state index contributed by atoms with van der Waals surface area (Å²) < 4.78 is 5.71. The molecule has 2 N–H and O–H groups in total. The summed E-state index contributed by atoms with van der Waals surface area (Å²) in [6.45, 7) is 10.2. The zero-order chi connectivity index (χ0) is 16.5. The average Bonchev–Trinajstić information content (AvgIpc) is 3.04. The molecule has 128 valence electrons. The molecule has 23 heavy (non-hydrogen) atoms. The number of nitrogens with zero attached hydrogens (tertiary/aromatic N) is 2. The summed E-state index contributed by atoms with van der Waals surface area (Å²) in [7, 11) is 1.81. The van der Waals surface area contributed by atoms with Crippen molar-refractivity contribution < 1.29 is 4.74 Å². The Hall–Kier alpha value is -1.75. The van der Waals surface area contributed by atoms with Crippen molar-refractivity contribution in [2.24, 2.45) is 10.9 Å². The number of nitrogens with one attached hydrogen (secondary N) is 2. The van der Waals surface area contributed by atoms with Gasteiger partial charge in [0, 0.05) is 20.1 Å². The molecule has 0 radical (unpaired) electrons. The molecule has 1 unspecified atom stereocenters. The predicted octanol–water partition coefficient (Wildman–Crippen LogP) is 1.88. The summed E-state index contributed by atoms with van der Waals surface area (Å²) in [6, 6.07) is 8.12. The molecule has 5 nitrogen and oxygen atoms in total. The zero-order valence-corrected chi connectivity index (χ0v) is 14.6. The van der Waals surface area contributed by atoms with Crippen molar-refractivity contribution in [1.82, 2.24) is 15.5 Å². The van der Waals surface area contributed by atoms with E-state index < -0.39 is 0 Å². The third-order valence-electron chi connectivity index (χ3n) is 4.28. The van der Waals surface area contributed by atoms with E-state index >= 15 is 0 Å². The van der Waals surface area contributed by atoms with Gasteiger partial charge in [-0.3, -0.25) is 4.99 Å². The van der Waals surface area contributed by atoms with Gasteiger partial charge in [0.25, 0.3) is 0 Å². The lowest BCUT2D eigenvalue weighted by atomic mass is 10.1. The fourth-order valence-corrected chi connectivity index (χ4v) is 2.80. The van der Waals surface area contributed by atoms with Crippen molar-refractivity contribution in [3.8, 4) is 5.75 Å². The molecule has 1 aliphatic rings. The molecule has 1 aromatic carbocycles. The molecule has 1 aliphatic heterocycles. The van der Waals surface area contributed by atoms with E-state index in [1.165, 1.54) is 25.1 Å². The first-order valence-electron chi connectivity index (χ1n) is 8.57. The first-order chi connectivity index (χ1) is 11.2. The van der Waals surface area contributed by atoms with E-state index in [4.69, 9.17) is 4.74 Å². The summed E-state index contributed by atoms with van der Waals surface area (Å²) in [5.74, 6) is 2.48. The minimum atomic E-state index is 0.622. The Morgan fingerprint density at radius 3 is 2.74 bits per heavy atom. The van der Waals surface area contributed by atoms with Crippen LogP contribution in [0.2, 0.25) is 0 Å². The van der Waals surface area contributed by atoms with Gasteiger partial charge in [0.2, 0.25) is 0 Å². The zero-order valence-electron chi connectivity index (χ0n) is 14.6. The van der Waals surface area contributed by atoms with Crippen molar-refractivity contribution in [1.29, 1.82) is 0 Å². The van der Waals surface area contributed by atoms with E-state index in [2.05, 4.69) is 46.5 Å². The number of ether oxygens (including phenoxy) is 1. The SMILES string of the molecule is CCN1CCC(CNC(=NC)NCCOc2ccc(C)cc2)C1. The lowest BCUT2D eigenvalue weighted by Gasteiger charge is -2.16. The highest BCUT2D eigenvalue weighted by molar-refractivity contribution is 5.79. The second-order valence-electron chi connectivity index (χ2n) is 6.09. The molecule has 0 aromatic heterocycles. The Morgan fingerprint density at radius 2 is 2.09 bits per heavy atom. The number of aliphatic imine (C=N–C) groups is 1. The van der Waals surface area contributed by atoms with Crippen LogP contribution in [0.4, 0.5) is 0 Å². The van der Waals surface area contributed by atoms with Crippen molar-refractivity contribution in [3.63, 3.8) is 0 Å². The Bertz CT molecular complexity index is 486. The van der Waals surface area contributed by atoms with Crippen LogP contribution in [-0.4, -0.2) is 57.2 Å². The standard InChI is InChI=1S/C18H30N4O/c1-4-22-11-9-16(14-22)13-21-18(19-3)20-10-12-23-17-7-5-15(2)6-8-17/h5-8,16H,4,9-14H2,1-3H3,(H2,19,20,21). The smallest absolute Gasteiger partial charge is 0.191 e. The van der Waals surface area contributed by atoms with Crippen molar-refractivity contribution in [2.75, 3.05) is 46.4 Å². The molecule has 1 aromatic rings. The topological polar surface area (TPSA) is 48.9 Å². The van der Waals surface area contributed by atoms with Gasteiger partial charge in [-0.2, -0.15) is 0 Å². The highest BCUT2D eigenvalue weighted by Gasteiger charge is 2.20. The number of hydrogen-bond donors (Lipinski definition) is 2. The largest absolute Gasteiger partial charge is 0.492 e. The van der Waals surface area contributed by atoms with Crippen LogP contribution in [0.1, 0.15) is 18.9 Å². The van der Waals surface area contributed by atoms with Crippen LogP contribution >= 0.6 is 0 Å². The minimum absolute atomic E-state index is 0.622. The molecule has 1 saturated heterocycles. The molecule has 0 bridgehead atoms. The van der Waals surface area contributed by atoms with E-state index in [0.717, 1.165) is 37.3 Å². The lowest BCUT2D eigenvalue weighted by molar-refractivity contribution is 0.321. The van der Waals surface area contributed by atoms with Gasteiger partial charge in [-0.15, -0.1) is 0 Å². The third-order valence-corrected chi connectivity index (χ3v) is 4.28. The van der Waals surface area contributed by atoms with Crippen LogP contribution in [0.15, 0.2) is 29.3 Å². The summed E-state index contributed by atoms with van der Waals surface area (Å²) >= 11 is 0. The van der Waals surface area contributed by atoms with Crippen LogP contribution in [0.3, 0.4) is 0 Å². The number of guanidine groups is 1. The lowest BCUT2D eigenvalue weighted by Crippen LogP contribution is -2.41. The molecule has 0 amide bonds. The van der Waals surface area contributed by atoms with Gasteiger partial charge in [0.05, 0.1) is 6.54 Å². The van der Waals surface area contributed by atoms with Gasteiger partial charge in [-0.1, -0.05) is 24.6 Å². The summed E-state index contributed by atoms with van der Waals surface area (Å²) in [5, 5.41) is 6.72. The molecular weight excluding hydrogens is 288 g/mol. The third kappa shape index (κ3) is 6.10. The van der Waals surface area contributed by atoms with Gasteiger partial charge in [0.1, 0.15) is 12.4 Å². The Kier molecular flexibility index (Phi) is 7.20. The molecule has 0 saturated carbocycles. The summed E-state index contributed by atoms with van der Waals surface area (Å²) in [6.07, 6.45) is 1.27. The molecule has 1 heterocycles. The van der Waals surface area contributed by atoms with Crippen LogP contribution in [0.5, 0.6) is 5.75 Å². The molecule has 5 heteroatoms. The number of hydrogen-bond acceptors (Lipinski definition) is 3. The van der Waals surface area contributed by atoms with E-state index in [1.807, 2.05) is 19.2 Å². The fourth-order valence-electron chi connectivity index (χ4n) is 2.80. The quantitative estimate of drug-likeness (QED) is 0.458. The number of rotatable bonds is 7. The molecule has 2 rings (SSSR count). The van der Waals surface area contributed by atoms with E-state index in [1.54, 1.807) is 0 Å². The Morgan fingerprint density at radius 1 is 1.30 bits per heavy atom. The maximum Gasteiger partial charge on any atom is 0.191 e. The normalized spacial score (nSPS) is 18.9. The monoisotopic (exact) mass is 318 g/mol. The van der Waals surface area contributed by atoms with Crippen LogP contribution in [-0.2, 0) is 0 Å². The van der Waals surface area contributed by atoms with Gasteiger partial charge in [-0.05, 0) is 44.5 Å². The second-order valence-corrected chi connectivity index (χ2v) is 6.09. The maximum atomic E-state index is 5.71. The number of aryl methyl sites for hydroxylation is 1. The van der Waals surface area contributed by atoms with Crippen LogP contribution in [0, 0.1) is 12.8 Å². The maximum absolute atomic E-state index is 5.71. The van der Waals surface area contributed by atoms with Crippen molar-refractivity contribution in [3.05, 3.63) is 29.8 Å². The predicted molar refractivity (Wildman–Crippen MR) is 96.3 cm³/mol. The fraction of sp³-hybridized carbons (Fsp3) is 0.611. The van der Waals surface area contributed by atoms with E-state index in [9.17, 15) is 0 Å². The molecule has 1 atom stereocenters. The summed E-state index contributed by atoms with van der Waals surface area (Å²) in [5.41, 5.74) is 1.24. The first kappa shape index (κ1) is 17.6. The van der Waals surface area contributed by atoms with Gasteiger partial charge < -0.3 is 20.3 Å². The Labute approximate surface area is 140 Å². The number of benzene rings is 1. The van der Waals surface area contributed by atoms with Crippen molar-refractivity contribution in [2.45, 2.75) is 20.3 Å². The van der Waals surface area contributed by atoms with Crippen molar-refractivity contribution >= 4 is 5.96 Å². The highest BCUT2D eigenvalue weighted by Crippen LogP contribution is 2.14. The van der Waals surface area contributed by atoms with E-state index in [0.29, 0.717) is 6.61 Å². The average molecular weight is 318 g/mol. The molecule has 1 fully saturated rings. The van der Waals surface area contributed by atoms with Crippen LogP contribution < -0.4 is 15.4 Å². The van der Waals surface area contributed by atoms with Gasteiger partial charge in [-0.25, -0.2) is 0 Å². The highest BCUT2D eigenvalue weighted by atomic mass is 16.5. The summed E-state index contributed by atoms with van der Waals surface area (Å²) in [4.78, 5) is 6.77. The molecule has 0 aliphatic carbocycles. The van der Waals surface area contributed by atoms with Gasteiger partial charge >= 0.3 is 0 Å².